The summed E-state index contributed by atoms with van der Waals surface area (Å²) in [6.45, 7) is 4.39. The summed E-state index contributed by atoms with van der Waals surface area (Å²) in [4.78, 5) is 12.7. The summed E-state index contributed by atoms with van der Waals surface area (Å²) in [5.74, 6) is 0.816. The summed E-state index contributed by atoms with van der Waals surface area (Å²) in [6.07, 6.45) is 3.31. The molecule has 2 aliphatic rings. The second kappa shape index (κ2) is 6.56. The number of rotatable bonds is 4. The topological polar surface area (TPSA) is 52.5 Å². The van der Waals surface area contributed by atoms with Crippen LogP contribution in [-0.4, -0.2) is 30.9 Å². The Morgan fingerprint density at radius 2 is 2.24 bits per heavy atom. The van der Waals surface area contributed by atoms with Crippen LogP contribution >= 0.6 is 0 Å². The number of aromatic nitrogens is 1. The maximum Gasteiger partial charge on any atom is 0.253 e. The highest BCUT2D eigenvalue weighted by molar-refractivity contribution is 5.75. The van der Waals surface area contributed by atoms with Crippen LogP contribution in [0.4, 0.5) is 5.69 Å². The van der Waals surface area contributed by atoms with Gasteiger partial charge in [-0.25, -0.2) is 0 Å². The molecule has 132 valence electrons. The van der Waals surface area contributed by atoms with Crippen LogP contribution < -0.4 is 15.6 Å². The number of benzene rings is 1. The normalized spacial score (nSPS) is 18.6. The van der Waals surface area contributed by atoms with Gasteiger partial charge in [0.15, 0.2) is 0 Å². The quantitative estimate of drug-likeness (QED) is 0.930. The molecule has 0 aliphatic carbocycles. The lowest BCUT2D eigenvalue weighted by Crippen LogP contribution is -2.28. The number of methoxy groups -OCH3 is 1. The first-order chi connectivity index (χ1) is 12.2. The van der Waals surface area contributed by atoms with E-state index >= 15 is 0 Å². The molecule has 0 radical (unpaired) electrons. The molecule has 4 rings (SSSR count). The number of fused-ring (bicyclic) bond motifs is 3. The Kier molecular flexibility index (Phi) is 4.25. The maximum atomic E-state index is 12.7. The molecule has 0 bridgehead atoms. The molecule has 0 spiro atoms. The zero-order chi connectivity index (χ0) is 17.4. The number of nitrogens with one attached hydrogen (secondary N) is 1. The minimum atomic E-state index is 0.0453. The molecular weight excluding hydrogens is 316 g/mol. The monoisotopic (exact) mass is 340 g/mol. The summed E-state index contributed by atoms with van der Waals surface area (Å²) >= 11 is 0. The van der Waals surface area contributed by atoms with Crippen molar-refractivity contribution in [2.45, 2.75) is 38.8 Å². The molecule has 1 atom stereocenters. The van der Waals surface area contributed by atoms with Crippen LogP contribution in [0, 0.1) is 6.92 Å². The van der Waals surface area contributed by atoms with Crippen molar-refractivity contribution in [1.29, 1.82) is 0 Å². The third-order valence-corrected chi connectivity index (χ3v) is 5.28. The highest BCUT2D eigenvalue weighted by Crippen LogP contribution is 2.35. The molecule has 1 saturated heterocycles. The number of nitrogens with zero attached hydrogens (tertiary/aromatic N) is 1. The number of ether oxygens (including phenoxy) is 2. The summed E-state index contributed by atoms with van der Waals surface area (Å²) in [5.41, 5.74) is 5.42. The molecule has 3 heterocycles. The molecule has 1 unspecified atom stereocenters. The minimum Gasteiger partial charge on any atom is -0.497 e. The first-order valence-corrected chi connectivity index (χ1v) is 8.94. The summed E-state index contributed by atoms with van der Waals surface area (Å²) in [5, 5.41) is 3.44. The van der Waals surface area contributed by atoms with Gasteiger partial charge in [0, 0.05) is 37.0 Å². The largest absolute Gasteiger partial charge is 0.497 e. The predicted octanol–water partition coefficient (Wildman–Crippen LogP) is 2.98. The van der Waals surface area contributed by atoms with Gasteiger partial charge >= 0.3 is 0 Å². The standard InChI is InChI=1S/C20H24N2O3/c1-13-18(21-12-16-4-3-9-25-16)11-19(23)22-8-7-14-5-6-15(24-2)10-17(14)20(13)22/h5-6,10-11,16,21H,3-4,7-9,12H2,1-2H3. The van der Waals surface area contributed by atoms with E-state index in [2.05, 4.69) is 18.3 Å². The summed E-state index contributed by atoms with van der Waals surface area (Å²) in [6, 6.07) is 7.85. The SMILES string of the molecule is COc1ccc2c(c1)-c1c(C)c(NCC3CCCO3)cc(=O)n1CC2. The molecule has 5 heteroatoms. The van der Waals surface area contributed by atoms with Crippen LogP contribution in [0.25, 0.3) is 11.3 Å². The average molecular weight is 340 g/mol. The van der Waals surface area contributed by atoms with E-state index in [1.54, 1.807) is 13.2 Å². The van der Waals surface area contributed by atoms with Crippen molar-refractivity contribution in [3.63, 3.8) is 0 Å². The van der Waals surface area contributed by atoms with E-state index < -0.39 is 0 Å². The van der Waals surface area contributed by atoms with Gasteiger partial charge in [-0.05, 0) is 49.4 Å². The van der Waals surface area contributed by atoms with Crippen molar-refractivity contribution in [3.05, 3.63) is 45.7 Å². The minimum absolute atomic E-state index is 0.0453. The average Bonchev–Trinajstić information content (AvgIpc) is 3.15. The zero-order valence-corrected chi connectivity index (χ0v) is 14.8. The van der Waals surface area contributed by atoms with Gasteiger partial charge in [-0.15, -0.1) is 0 Å². The molecule has 25 heavy (non-hydrogen) atoms. The van der Waals surface area contributed by atoms with E-state index in [9.17, 15) is 4.79 Å². The Hall–Kier alpha value is -2.27. The fourth-order valence-corrected chi connectivity index (χ4v) is 3.89. The number of hydrogen-bond acceptors (Lipinski definition) is 4. The van der Waals surface area contributed by atoms with Crippen molar-refractivity contribution >= 4 is 5.69 Å². The van der Waals surface area contributed by atoms with E-state index in [1.165, 1.54) is 5.56 Å². The van der Waals surface area contributed by atoms with Gasteiger partial charge in [0.05, 0.1) is 18.9 Å². The van der Waals surface area contributed by atoms with E-state index in [0.717, 1.165) is 67.2 Å². The van der Waals surface area contributed by atoms with Gasteiger partial charge in [0.1, 0.15) is 5.75 Å². The van der Waals surface area contributed by atoms with Crippen molar-refractivity contribution in [2.75, 3.05) is 25.6 Å². The van der Waals surface area contributed by atoms with Crippen LogP contribution in [0.2, 0.25) is 0 Å². The lowest BCUT2D eigenvalue weighted by molar-refractivity contribution is 0.120. The third-order valence-electron chi connectivity index (χ3n) is 5.28. The van der Waals surface area contributed by atoms with Gasteiger partial charge in [-0.2, -0.15) is 0 Å². The Labute approximate surface area is 147 Å². The first-order valence-electron chi connectivity index (χ1n) is 8.94. The Morgan fingerprint density at radius 3 is 3.00 bits per heavy atom. The van der Waals surface area contributed by atoms with Crippen molar-refractivity contribution in [2.24, 2.45) is 0 Å². The fourth-order valence-electron chi connectivity index (χ4n) is 3.89. The van der Waals surface area contributed by atoms with Gasteiger partial charge in [0.2, 0.25) is 0 Å². The van der Waals surface area contributed by atoms with E-state index in [4.69, 9.17) is 9.47 Å². The van der Waals surface area contributed by atoms with Crippen molar-refractivity contribution < 1.29 is 9.47 Å². The predicted molar refractivity (Wildman–Crippen MR) is 98.6 cm³/mol. The molecule has 5 nitrogen and oxygen atoms in total. The molecular formula is C20H24N2O3. The van der Waals surface area contributed by atoms with Gasteiger partial charge in [-0.3, -0.25) is 4.79 Å². The fraction of sp³-hybridized carbons (Fsp3) is 0.450. The van der Waals surface area contributed by atoms with Crippen LogP contribution in [-0.2, 0) is 17.7 Å². The van der Waals surface area contributed by atoms with Crippen molar-refractivity contribution in [1.82, 2.24) is 4.57 Å². The summed E-state index contributed by atoms with van der Waals surface area (Å²) in [7, 11) is 1.67. The van der Waals surface area contributed by atoms with Crippen LogP contribution in [0.1, 0.15) is 24.0 Å². The third kappa shape index (κ3) is 2.93. The Morgan fingerprint density at radius 1 is 1.36 bits per heavy atom. The zero-order valence-electron chi connectivity index (χ0n) is 14.8. The number of pyridine rings is 1. The van der Waals surface area contributed by atoms with E-state index in [-0.39, 0.29) is 11.7 Å². The van der Waals surface area contributed by atoms with Crippen LogP contribution in [0.15, 0.2) is 29.1 Å². The molecule has 2 aliphatic heterocycles. The maximum absolute atomic E-state index is 12.7. The lowest BCUT2D eigenvalue weighted by atomic mass is 9.94. The van der Waals surface area contributed by atoms with Gasteiger partial charge in [0.25, 0.3) is 5.56 Å². The summed E-state index contributed by atoms with van der Waals surface area (Å²) < 4.78 is 13.0. The number of hydrogen-bond donors (Lipinski definition) is 1. The second-order valence-electron chi connectivity index (χ2n) is 6.81. The molecule has 0 saturated carbocycles. The Balaban J connectivity index is 1.75. The molecule has 1 fully saturated rings. The number of anilines is 1. The van der Waals surface area contributed by atoms with E-state index in [0.29, 0.717) is 0 Å². The van der Waals surface area contributed by atoms with Crippen molar-refractivity contribution in [3.8, 4) is 17.0 Å². The first kappa shape index (κ1) is 16.2. The molecule has 0 amide bonds. The highest BCUT2D eigenvalue weighted by atomic mass is 16.5. The molecule has 1 aromatic heterocycles. The molecule has 1 N–H and O–H groups in total. The van der Waals surface area contributed by atoms with E-state index in [1.807, 2.05) is 16.7 Å². The molecule has 2 aromatic rings. The Bertz CT molecular complexity index is 851. The van der Waals surface area contributed by atoms with Gasteiger partial charge < -0.3 is 19.4 Å². The highest BCUT2D eigenvalue weighted by Gasteiger charge is 2.22. The van der Waals surface area contributed by atoms with Crippen LogP contribution in [0.3, 0.4) is 0 Å². The van der Waals surface area contributed by atoms with Crippen LogP contribution in [0.5, 0.6) is 5.75 Å². The van der Waals surface area contributed by atoms with Gasteiger partial charge in [-0.1, -0.05) is 6.07 Å². The number of aryl methyl sites for hydroxylation is 1. The second-order valence-corrected chi connectivity index (χ2v) is 6.81. The lowest BCUT2D eigenvalue weighted by Gasteiger charge is -2.26. The smallest absolute Gasteiger partial charge is 0.253 e. The molecule has 1 aromatic carbocycles.